The number of urea groups is 1. The average molecular weight is 331 g/mol. The van der Waals surface area contributed by atoms with Crippen molar-refractivity contribution >= 4 is 17.8 Å². The molecule has 3 rings (SSSR count). The van der Waals surface area contributed by atoms with Crippen LogP contribution >= 0.6 is 0 Å². The Kier molecular flexibility index (Phi) is 4.17. The smallest absolute Gasteiger partial charge is 0.317 e. The molecule has 2 saturated heterocycles. The number of benzene rings is 1. The minimum absolute atomic E-state index is 0.193. The average Bonchev–Trinajstić information content (AvgIpc) is 3.11. The van der Waals surface area contributed by atoms with Gasteiger partial charge in [-0.1, -0.05) is 12.1 Å². The van der Waals surface area contributed by atoms with E-state index < -0.39 is 11.8 Å². The molecule has 2 aliphatic rings. The number of hydrogen-bond donors (Lipinski definition) is 1. The molecule has 0 saturated carbocycles. The molecule has 0 radical (unpaired) electrons. The van der Waals surface area contributed by atoms with E-state index in [9.17, 15) is 14.4 Å². The van der Waals surface area contributed by atoms with Crippen molar-refractivity contribution in [2.45, 2.75) is 13.0 Å². The Labute approximate surface area is 140 Å². The second kappa shape index (κ2) is 6.14. The third kappa shape index (κ3) is 2.70. The first-order chi connectivity index (χ1) is 11.4. The van der Waals surface area contributed by atoms with Gasteiger partial charge in [-0.2, -0.15) is 0 Å². The second-order valence-corrected chi connectivity index (χ2v) is 6.30. The van der Waals surface area contributed by atoms with Gasteiger partial charge >= 0.3 is 6.03 Å². The Bertz CT molecular complexity index is 666. The van der Waals surface area contributed by atoms with Crippen LogP contribution in [0, 0.1) is 11.8 Å². The standard InChI is InChI=1S/C17H21N3O4/c1-10(11-5-4-6-12(7-11)24-3)18-17(23)20-8-13-14(9-20)16(22)19(2)15(13)21/h4-7,10,13-14H,8-9H2,1-3H3,(H,18,23)/t10-,13-,14+/m0/s1. The Morgan fingerprint density at radius 2 is 1.88 bits per heavy atom. The summed E-state index contributed by atoms with van der Waals surface area (Å²) in [5, 5.41) is 2.91. The third-order valence-corrected chi connectivity index (χ3v) is 4.84. The summed E-state index contributed by atoms with van der Waals surface area (Å²) >= 11 is 0. The lowest BCUT2D eigenvalue weighted by atomic mass is 10.00. The van der Waals surface area contributed by atoms with Gasteiger partial charge in [-0.15, -0.1) is 0 Å². The minimum atomic E-state index is -0.402. The van der Waals surface area contributed by atoms with Crippen LogP contribution in [0.5, 0.6) is 5.75 Å². The molecule has 3 atom stereocenters. The Morgan fingerprint density at radius 3 is 2.46 bits per heavy atom. The molecule has 1 aromatic rings. The fourth-order valence-corrected chi connectivity index (χ4v) is 3.35. The highest BCUT2D eigenvalue weighted by Crippen LogP contribution is 2.32. The van der Waals surface area contributed by atoms with E-state index in [1.165, 1.54) is 11.9 Å². The zero-order valence-electron chi connectivity index (χ0n) is 14.0. The SMILES string of the molecule is COc1cccc([C@H](C)NC(=O)N2C[C@@H]3C(=O)N(C)C(=O)[C@@H]3C2)c1. The van der Waals surface area contributed by atoms with Crippen LogP contribution in [0.3, 0.4) is 0 Å². The number of amides is 4. The molecule has 2 fully saturated rings. The first-order valence-electron chi connectivity index (χ1n) is 7.93. The van der Waals surface area contributed by atoms with Crippen molar-refractivity contribution < 1.29 is 19.1 Å². The molecule has 128 valence electrons. The van der Waals surface area contributed by atoms with Crippen LogP contribution in [-0.4, -0.2) is 54.9 Å². The van der Waals surface area contributed by atoms with Crippen LogP contribution < -0.4 is 10.1 Å². The lowest BCUT2D eigenvalue weighted by Gasteiger charge is -2.22. The Balaban J connectivity index is 1.64. The Hall–Kier alpha value is -2.57. The van der Waals surface area contributed by atoms with Crippen molar-refractivity contribution in [3.8, 4) is 5.75 Å². The van der Waals surface area contributed by atoms with Gasteiger partial charge in [0.05, 0.1) is 25.0 Å². The predicted molar refractivity (Wildman–Crippen MR) is 86.3 cm³/mol. The van der Waals surface area contributed by atoms with E-state index in [0.717, 1.165) is 11.3 Å². The van der Waals surface area contributed by atoms with Gasteiger partial charge in [-0.25, -0.2) is 4.79 Å². The first kappa shape index (κ1) is 16.3. The van der Waals surface area contributed by atoms with Crippen LogP contribution in [-0.2, 0) is 9.59 Å². The lowest BCUT2D eigenvalue weighted by Crippen LogP contribution is -2.42. The van der Waals surface area contributed by atoms with Crippen LogP contribution in [0.2, 0.25) is 0 Å². The quantitative estimate of drug-likeness (QED) is 0.839. The molecule has 24 heavy (non-hydrogen) atoms. The molecule has 2 aliphatic heterocycles. The fraction of sp³-hybridized carbons (Fsp3) is 0.471. The third-order valence-electron chi connectivity index (χ3n) is 4.84. The number of carbonyl (C=O) groups is 3. The van der Waals surface area contributed by atoms with Crippen molar-refractivity contribution in [2.75, 3.05) is 27.2 Å². The fourth-order valence-electron chi connectivity index (χ4n) is 3.35. The number of methoxy groups -OCH3 is 1. The molecule has 0 spiro atoms. The molecule has 0 aromatic heterocycles. The van der Waals surface area contributed by atoms with E-state index in [-0.39, 0.29) is 37.0 Å². The maximum absolute atomic E-state index is 12.5. The highest BCUT2D eigenvalue weighted by atomic mass is 16.5. The zero-order chi connectivity index (χ0) is 17.4. The molecule has 0 bridgehead atoms. The number of rotatable bonds is 3. The highest BCUT2D eigenvalue weighted by Gasteiger charge is 2.52. The lowest BCUT2D eigenvalue weighted by molar-refractivity contribution is -0.138. The highest BCUT2D eigenvalue weighted by molar-refractivity contribution is 6.06. The number of hydrogen-bond acceptors (Lipinski definition) is 4. The van der Waals surface area contributed by atoms with E-state index in [0.29, 0.717) is 0 Å². The van der Waals surface area contributed by atoms with Crippen molar-refractivity contribution in [2.24, 2.45) is 11.8 Å². The summed E-state index contributed by atoms with van der Waals surface area (Å²) in [6, 6.07) is 7.02. The van der Waals surface area contributed by atoms with Crippen molar-refractivity contribution in [3.05, 3.63) is 29.8 Å². The van der Waals surface area contributed by atoms with E-state index in [1.807, 2.05) is 31.2 Å². The van der Waals surface area contributed by atoms with Crippen molar-refractivity contribution in [1.29, 1.82) is 0 Å². The Morgan fingerprint density at radius 1 is 1.25 bits per heavy atom. The maximum atomic E-state index is 12.5. The van der Waals surface area contributed by atoms with E-state index in [4.69, 9.17) is 4.74 Å². The first-order valence-corrected chi connectivity index (χ1v) is 7.93. The second-order valence-electron chi connectivity index (χ2n) is 6.30. The van der Waals surface area contributed by atoms with Gasteiger partial charge in [0.1, 0.15) is 5.75 Å². The predicted octanol–water partition coefficient (Wildman–Crippen LogP) is 1.01. The van der Waals surface area contributed by atoms with Gasteiger partial charge in [0.25, 0.3) is 0 Å². The summed E-state index contributed by atoms with van der Waals surface area (Å²) in [7, 11) is 3.09. The zero-order valence-corrected chi connectivity index (χ0v) is 14.0. The molecule has 0 unspecified atom stereocenters. The van der Waals surface area contributed by atoms with Gasteiger partial charge in [-0.05, 0) is 24.6 Å². The molecule has 7 nitrogen and oxygen atoms in total. The summed E-state index contributed by atoms with van der Waals surface area (Å²) in [5.41, 5.74) is 0.925. The van der Waals surface area contributed by atoms with Gasteiger partial charge < -0.3 is 15.0 Å². The minimum Gasteiger partial charge on any atom is -0.497 e. The molecule has 0 aliphatic carbocycles. The molecule has 2 heterocycles. The summed E-state index contributed by atoms with van der Waals surface area (Å²) in [6.07, 6.45) is 0. The largest absolute Gasteiger partial charge is 0.497 e. The van der Waals surface area contributed by atoms with Crippen LogP contribution in [0.1, 0.15) is 18.5 Å². The van der Waals surface area contributed by atoms with Crippen molar-refractivity contribution in [3.63, 3.8) is 0 Å². The summed E-state index contributed by atoms with van der Waals surface area (Å²) < 4.78 is 5.19. The maximum Gasteiger partial charge on any atom is 0.317 e. The number of fused-ring (bicyclic) bond motifs is 1. The molecular formula is C17H21N3O4. The molecule has 4 amide bonds. The number of nitrogens with zero attached hydrogens (tertiary/aromatic N) is 2. The van der Waals surface area contributed by atoms with Gasteiger partial charge in [0, 0.05) is 20.1 Å². The number of imide groups is 1. The van der Waals surface area contributed by atoms with Crippen molar-refractivity contribution in [1.82, 2.24) is 15.1 Å². The van der Waals surface area contributed by atoms with E-state index in [2.05, 4.69) is 5.32 Å². The molecule has 1 aromatic carbocycles. The van der Waals surface area contributed by atoms with E-state index in [1.54, 1.807) is 12.0 Å². The van der Waals surface area contributed by atoms with Crippen LogP contribution in [0.25, 0.3) is 0 Å². The van der Waals surface area contributed by atoms with E-state index >= 15 is 0 Å². The molecule has 7 heteroatoms. The number of carbonyl (C=O) groups excluding carboxylic acids is 3. The normalized spacial score (nSPS) is 24.1. The topological polar surface area (TPSA) is 79.0 Å². The van der Waals surface area contributed by atoms with Gasteiger partial charge in [0.2, 0.25) is 11.8 Å². The molecule has 1 N–H and O–H groups in total. The molecular weight excluding hydrogens is 310 g/mol. The monoisotopic (exact) mass is 331 g/mol. The number of nitrogens with one attached hydrogen (secondary N) is 1. The van der Waals surface area contributed by atoms with Gasteiger partial charge in [-0.3, -0.25) is 14.5 Å². The van der Waals surface area contributed by atoms with Crippen LogP contribution in [0.15, 0.2) is 24.3 Å². The summed E-state index contributed by atoms with van der Waals surface area (Å²) in [6.45, 7) is 2.46. The van der Waals surface area contributed by atoms with Gasteiger partial charge in [0.15, 0.2) is 0 Å². The number of ether oxygens (including phenoxy) is 1. The summed E-state index contributed by atoms with van der Waals surface area (Å²) in [5.74, 6) is -0.466. The van der Waals surface area contributed by atoms with Crippen LogP contribution in [0.4, 0.5) is 4.79 Å². The summed E-state index contributed by atoms with van der Waals surface area (Å²) in [4.78, 5) is 39.2. The number of likely N-dealkylation sites (tertiary alicyclic amines) is 2.